The van der Waals surface area contributed by atoms with Gasteiger partial charge in [0.2, 0.25) is 5.91 Å². The molecule has 0 fully saturated rings. The van der Waals surface area contributed by atoms with Gasteiger partial charge < -0.3 is 10.1 Å². The van der Waals surface area contributed by atoms with Crippen molar-refractivity contribution >= 4 is 22.9 Å². The van der Waals surface area contributed by atoms with Gasteiger partial charge in [-0.3, -0.25) is 4.79 Å². The molecule has 3 nitrogen and oxygen atoms in total. The molecule has 4 rings (SSSR count). The molecule has 1 atom stereocenters. The Morgan fingerprint density at radius 2 is 1.96 bits per heavy atom. The van der Waals surface area contributed by atoms with Gasteiger partial charge >= 0.3 is 0 Å². The second-order valence-corrected chi connectivity index (χ2v) is 6.80. The maximum absolute atomic E-state index is 12.0. The number of amides is 1. The number of carbonyl (C=O) groups is 1. The van der Waals surface area contributed by atoms with E-state index in [1.54, 1.807) is 11.3 Å². The molecule has 4 heteroatoms. The van der Waals surface area contributed by atoms with Gasteiger partial charge in [-0.2, -0.15) is 0 Å². The van der Waals surface area contributed by atoms with E-state index in [1.165, 1.54) is 4.88 Å². The van der Waals surface area contributed by atoms with Crippen LogP contribution in [0.15, 0.2) is 66.0 Å². The summed E-state index contributed by atoms with van der Waals surface area (Å²) in [5, 5.41) is 4.97. The van der Waals surface area contributed by atoms with E-state index in [0.29, 0.717) is 13.0 Å². The van der Waals surface area contributed by atoms with Gasteiger partial charge in [0.15, 0.2) is 0 Å². The van der Waals surface area contributed by atoms with Crippen molar-refractivity contribution in [1.29, 1.82) is 0 Å². The van der Waals surface area contributed by atoms with Crippen molar-refractivity contribution in [1.82, 2.24) is 0 Å². The first-order valence-corrected chi connectivity index (χ1v) is 8.81. The van der Waals surface area contributed by atoms with E-state index < -0.39 is 0 Å². The summed E-state index contributed by atoms with van der Waals surface area (Å²) in [7, 11) is 0. The lowest BCUT2D eigenvalue weighted by Gasteiger charge is -2.23. The first-order chi connectivity index (χ1) is 11.8. The first-order valence-electron chi connectivity index (χ1n) is 7.93. The van der Waals surface area contributed by atoms with Crippen LogP contribution in [0, 0.1) is 0 Å². The fraction of sp³-hybridized carbons (Fsp3) is 0.150. The van der Waals surface area contributed by atoms with Gasteiger partial charge in [0.25, 0.3) is 0 Å². The van der Waals surface area contributed by atoms with E-state index in [4.69, 9.17) is 4.74 Å². The molecular formula is C20H17NO2S. The van der Waals surface area contributed by atoms with Gasteiger partial charge in [0, 0.05) is 17.2 Å². The van der Waals surface area contributed by atoms with E-state index >= 15 is 0 Å². The SMILES string of the molecule is O=C1CC(c2cccc(OCc3ccccc3)c2)c2sccc2N1. The molecule has 2 aromatic carbocycles. The van der Waals surface area contributed by atoms with Gasteiger partial charge in [-0.1, -0.05) is 42.5 Å². The van der Waals surface area contributed by atoms with Crippen LogP contribution in [-0.4, -0.2) is 5.91 Å². The Kier molecular flexibility index (Phi) is 4.05. The average Bonchev–Trinajstić information content (AvgIpc) is 3.08. The summed E-state index contributed by atoms with van der Waals surface area (Å²) in [6.45, 7) is 0.541. The molecule has 1 aliphatic rings. The number of hydrogen-bond donors (Lipinski definition) is 1. The molecule has 1 N–H and O–H groups in total. The minimum Gasteiger partial charge on any atom is -0.489 e. The van der Waals surface area contributed by atoms with Crippen molar-refractivity contribution in [2.45, 2.75) is 18.9 Å². The average molecular weight is 335 g/mol. The Labute approximate surface area is 144 Å². The molecule has 0 spiro atoms. The van der Waals surface area contributed by atoms with Crippen molar-refractivity contribution in [3.8, 4) is 5.75 Å². The summed E-state index contributed by atoms with van der Waals surface area (Å²) >= 11 is 1.69. The Balaban J connectivity index is 1.56. The van der Waals surface area contributed by atoms with Gasteiger partial charge in [-0.25, -0.2) is 0 Å². The van der Waals surface area contributed by atoms with Crippen molar-refractivity contribution in [2.24, 2.45) is 0 Å². The van der Waals surface area contributed by atoms with Crippen LogP contribution in [0.4, 0.5) is 5.69 Å². The maximum Gasteiger partial charge on any atom is 0.225 e. The van der Waals surface area contributed by atoms with Crippen molar-refractivity contribution in [2.75, 3.05) is 5.32 Å². The zero-order chi connectivity index (χ0) is 16.4. The summed E-state index contributed by atoms with van der Waals surface area (Å²) in [5.41, 5.74) is 3.21. The Morgan fingerprint density at radius 1 is 1.08 bits per heavy atom. The van der Waals surface area contributed by atoms with Crippen molar-refractivity contribution in [3.05, 3.63) is 82.0 Å². The Bertz CT molecular complexity index is 857. The molecule has 1 aliphatic heterocycles. The number of thiophene rings is 1. The highest BCUT2D eigenvalue weighted by Gasteiger charge is 2.27. The maximum atomic E-state index is 12.0. The zero-order valence-electron chi connectivity index (χ0n) is 13.1. The Hall–Kier alpha value is -2.59. The van der Waals surface area contributed by atoms with E-state index in [0.717, 1.165) is 22.6 Å². The van der Waals surface area contributed by atoms with Crippen LogP contribution in [0.1, 0.15) is 28.3 Å². The molecule has 120 valence electrons. The predicted octanol–water partition coefficient (Wildman–Crippen LogP) is 4.80. The summed E-state index contributed by atoms with van der Waals surface area (Å²) in [6, 6.07) is 20.2. The molecular weight excluding hydrogens is 318 g/mol. The lowest BCUT2D eigenvalue weighted by Crippen LogP contribution is -2.21. The van der Waals surface area contributed by atoms with E-state index in [2.05, 4.69) is 17.4 Å². The van der Waals surface area contributed by atoms with E-state index in [9.17, 15) is 4.79 Å². The molecule has 1 unspecified atom stereocenters. The standard InChI is InChI=1S/C20H17NO2S/c22-19-12-17(20-18(21-19)9-10-24-20)15-7-4-8-16(11-15)23-13-14-5-2-1-3-6-14/h1-11,17H,12-13H2,(H,21,22). The van der Waals surface area contributed by atoms with Crippen molar-refractivity contribution < 1.29 is 9.53 Å². The second-order valence-electron chi connectivity index (χ2n) is 5.85. The fourth-order valence-corrected chi connectivity index (χ4v) is 3.99. The largest absolute Gasteiger partial charge is 0.489 e. The summed E-state index contributed by atoms with van der Waals surface area (Å²) in [5.74, 6) is 1.01. The number of nitrogens with one attached hydrogen (secondary N) is 1. The minimum absolute atomic E-state index is 0.0708. The third-order valence-corrected chi connectivity index (χ3v) is 5.21. The normalized spacial score (nSPS) is 16.3. The van der Waals surface area contributed by atoms with Gasteiger partial charge in [-0.05, 0) is 34.7 Å². The van der Waals surface area contributed by atoms with Crippen LogP contribution < -0.4 is 10.1 Å². The van der Waals surface area contributed by atoms with Crippen LogP contribution >= 0.6 is 11.3 Å². The topological polar surface area (TPSA) is 38.3 Å². The summed E-state index contributed by atoms with van der Waals surface area (Å²) in [6.07, 6.45) is 0.482. The third-order valence-electron chi connectivity index (χ3n) is 4.18. The highest BCUT2D eigenvalue weighted by molar-refractivity contribution is 7.10. The highest BCUT2D eigenvalue weighted by atomic mass is 32.1. The van der Waals surface area contributed by atoms with Crippen LogP contribution in [0.3, 0.4) is 0 Å². The third kappa shape index (κ3) is 3.05. The van der Waals surface area contributed by atoms with Crippen LogP contribution in [0.25, 0.3) is 0 Å². The smallest absolute Gasteiger partial charge is 0.225 e. The fourth-order valence-electron chi connectivity index (χ4n) is 3.00. The van der Waals surface area contributed by atoms with E-state index in [1.807, 2.05) is 53.9 Å². The molecule has 0 saturated carbocycles. The number of fused-ring (bicyclic) bond motifs is 1. The Morgan fingerprint density at radius 3 is 2.83 bits per heavy atom. The van der Waals surface area contributed by atoms with Crippen LogP contribution in [-0.2, 0) is 11.4 Å². The van der Waals surface area contributed by atoms with Crippen molar-refractivity contribution in [3.63, 3.8) is 0 Å². The number of carbonyl (C=O) groups excluding carboxylic acids is 1. The molecule has 24 heavy (non-hydrogen) atoms. The molecule has 0 bridgehead atoms. The second kappa shape index (κ2) is 6.49. The monoisotopic (exact) mass is 335 g/mol. The number of benzene rings is 2. The minimum atomic E-state index is 0.0708. The van der Waals surface area contributed by atoms with Crippen LogP contribution in [0.2, 0.25) is 0 Å². The molecule has 0 saturated heterocycles. The number of ether oxygens (including phenoxy) is 1. The highest BCUT2D eigenvalue weighted by Crippen LogP contribution is 2.41. The van der Waals surface area contributed by atoms with Gasteiger partial charge in [0.05, 0.1) is 5.69 Å². The molecule has 2 heterocycles. The van der Waals surface area contributed by atoms with Gasteiger partial charge in [0.1, 0.15) is 12.4 Å². The van der Waals surface area contributed by atoms with Crippen LogP contribution in [0.5, 0.6) is 5.75 Å². The molecule has 3 aromatic rings. The number of rotatable bonds is 4. The van der Waals surface area contributed by atoms with E-state index in [-0.39, 0.29) is 11.8 Å². The molecule has 1 amide bonds. The molecule has 1 aromatic heterocycles. The quantitative estimate of drug-likeness (QED) is 0.743. The lowest BCUT2D eigenvalue weighted by atomic mass is 9.90. The molecule has 0 aliphatic carbocycles. The lowest BCUT2D eigenvalue weighted by molar-refractivity contribution is -0.116. The first kappa shape index (κ1) is 15.0. The molecule has 0 radical (unpaired) electrons. The number of hydrogen-bond acceptors (Lipinski definition) is 3. The zero-order valence-corrected chi connectivity index (χ0v) is 13.9. The van der Waals surface area contributed by atoms with Gasteiger partial charge in [-0.15, -0.1) is 11.3 Å². The number of anilines is 1. The summed E-state index contributed by atoms with van der Waals surface area (Å²) < 4.78 is 5.92. The summed E-state index contributed by atoms with van der Waals surface area (Å²) in [4.78, 5) is 13.2. The predicted molar refractivity (Wildman–Crippen MR) is 96.6 cm³/mol.